The Morgan fingerprint density at radius 2 is 1.64 bits per heavy atom. The molecule has 36 heavy (non-hydrogen) atoms. The average Bonchev–Trinajstić information content (AvgIpc) is 3.33. The van der Waals surface area contributed by atoms with Crippen molar-refractivity contribution in [3.8, 4) is 11.1 Å². The fourth-order valence-corrected chi connectivity index (χ4v) is 6.16. The SMILES string of the molecule is CC1(C)Cc2nc(C3CCCC3)c(Cc3ccc(C(F)(F)F)cc3)c(-c3ccc(Cl)cc3)c2[C@@H](O)C1. The van der Waals surface area contributed by atoms with Gasteiger partial charge in [0.25, 0.3) is 0 Å². The molecule has 5 rings (SSSR count). The van der Waals surface area contributed by atoms with Crippen molar-refractivity contribution in [1.82, 2.24) is 4.98 Å². The number of alkyl halides is 3. The van der Waals surface area contributed by atoms with Crippen LogP contribution in [-0.4, -0.2) is 10.1 Å². The molecule has 190 valence electrons. The van der Waals surface area contributed by atoms with E-state index in [1.807, 2.05) is 24.3 Å². The van der Waals surface area contributed by atoms with Gasteiger partial charge in [-0.25, -0.2) is 0 Å². The quantitative estimate of drug-likeness (QED) is 0.378. The summed E-state index contributed by atoms with van der Waals surface area (Å²) in [5.41, 5.74) is 5.87. The molecule has 0 amide bonds. The zero-order valence-electron chi connectivity index (χ0n) is 20.6. The number of aliphatic hydroxyl groups excluding tert-OH is 1. The minimum Gasteiger partial charge on any atom is -0.388 e. The molecule has 1 saturated carbocycles. The molecule has 2 aliphatic carbocycles. The zero-order valence-corrected chi connectivity index (χ0v) is 21.4. The lowest BCUT2D eigenvalue weighted by Gasteiger charge is -2.37. The number of pyridine rings is 1. The van der Waals surface area contributed by atoms with E-state index in [0.717, 1.165) is 83.4 Å². The Morgan fingerprint density at radius 1 is 1.00 bits per heavy atom. The summed E-state index contributed by atoms with van der Waals surface area (Å²) < 4.78 is 39.5. The van der Waals surface area contributed by atoms with E-state index in [4.69, 9.17) is 16.6 Å². The van der Waals surface area contributed by atoms with Crippen LogP contribution in [0.4, 0.5) is 13.2 Å². The molecular weight excluding hydrogens is 483 g/mol. The summed E-state index contributed by atoms with van der Waals surface area (Å²) in [6.07, 6.45) is 1.23. The molecule has 1 atom stereocenters. The number of nitrogens with zero attached hydrogens (tertiary/aromatic N) is 1. The summed E-state index contributed by atoms with van der Waals surface area (Å²) in [4.78, 5) is 5.23. The molecule has 0 saturated heterocycles. The van der Waals surface area contributed by atoms with Crippen LogP contribution in [0.5, 0.6) is 0 Å². The first kappa shape index (κ1) is 25.3. The molecule has 2 aliphatic rings. The number of rotatable bonds is 4. The smallest absolute Gasteiger partial charge is 0.388 e. The van der Waals surface area contributed by atoms with Crippen molar-refractivity contribution < 1.29 is 18.3 Å². The normalized spacial score (nSPS) is 19.9. The van der Waals surface area contributed by atoms with Crippen molar-refractivity contribution in [3.05, 3.63) is 87.2 Å². The average molecular weight is 514 g/mol. The largest absolute Gasteiger partial charge is 0.416 e. The van der Waals surface area contributed by atoms with Gasteiger partial charge in [-0.05, 0) is 84.0 Å². The van der Waals surface area contributed by atoms with Gasteiger partial charge in [0, 0.05) is 27.9 Å². The third kappa shape index (κ3) is 5.05. The Morgan fingerprint density at radius 3 is 2.25 bits per heavy atom. The monoisotopic (exact) mass is 513 g/mol. The molecular formula is C30H31ClF3NO. The summed E-state index contributed by atoms with van der Waals surface area (Å²) >= 11 is 6.21. The molecule has 3 aromatic rings. The lowest BCUT2D eigenvalue weighted by Crippen LogP contribution is -2.28. The Kier molecular flexibility index (Phi) is 6.67. The summed E-state index contributed by atoms with van der Waals surface area (Å²) in [7, 11) is 0. The first-order valence-electron chi connectivity index (χ1n) is 12.7. The van der Waals surface area contributed by atoms with Crippen LogP contribution in [0.3, 0.4) is 0 Å². The second kappa shape index (κ2) is 9.50. The van der Waals surface area contributed by atoms with Crippen LogP contribution in [0.1, 0.15) is 91.6 Å². The summed E-state index contributed by atoms with van der Waals surface area (Å²) in [6.45, 7) is 4.32. The molecule has 6 heteroatoms. The minimum atomic E-state index is -4.37. The summed E-state index contributed by atoms with van der Waals surface area (Å²) in [6, 6.07) is 13.1. The first-order chi connectivity index (χ1) is 17.0. The van der Waals surface area contributed by atoms with E-state index in [1.54, 1.807) is 12.1 Å². The van der Waals surface area contributed by atoms with Gasteiger partial charge in [-0.2, -0.15) is 13.2 Å². The molecule has 1 aromatic heterocycles. The maximum absolute atomic E-state index is 13.2. The first-order valence-corrected chi connectivity index (χ1v) is 13.1. The molecule has 2 nitrogen and oxygen atoms in total. The maximum Gasteiger partial charge on any atom is 0.416 e. The molecule has 1 N–H and O–H groups in total. The second-order valence-corrected chi connectivity index (χ2v) is 11.6. The predicted molar refractivity (Wildman–Crippen MR) is 137 cm³/mol. The third-order valence-corrected chi connectivity index (χ3v) is 7.96. The van der Waals surface area contributed by atoms with E-state index in [9.17, 15) is 18.3 Å². The Labute approximate surface area is 215 Å². The van der Waals surface area contributed by atoms with E-state index in [2.05, 4.69) is 13.8 Å². The molecule has 0 aliphatic heterocycles. The van der Waals surface area contributed by atoms with Crippen LogP contribution in [0.25, 0.3) is 11.1 Å². The lowest BCUT2D eigenvalue weighted by molar-refractivity contribution is -0.137. The number of aromatic nitrogens is 1. The molecule has 1 heterocycles. The van der Waals surface area contributed by atoms with Gasteiger partial charge in [0.15, 0.2) is 0 Å². The molecule has 2 aromatic carbocycles. The van der Waals surface area contributed by atoms with Crippen molar-refractivity contribution in [2.45, 2.75) is 77.0 Å². The highest BCUT2D eigenvalue weighted by molar-refractivity contribution is 6.30. The van der Waals surface area contributed by atoms with Crippen molar-refractivity contribution in [1.29, 1.82) is 0 Å². The molecule has 0 radical (unpaired) electrons. The summed E-state index contributed by atoms with van der Waals surface area (Å²) in [5, 5.41) is 12.0. The number of hydrogen-bond donors (Lipinski definition) is 1. The minimum absolute atomic E-state index is 0.0709. The highest BCUT2D eigenvalue weighted by Gasteiger charge is 2.37. The van der Waals surface area contributed by atoms with Crippen LogP contribution in [0.2, 0.25) is 5.02 Å². The van der Waals surface area contributed by atoms with Crippen LogP contribution >= 0.6 is 11.6 Å². The molecule has 0 bridgehead atoms. The summed E-state index contributed by atoms with van der Waals surface area (Å²) in [5.74, 6) is 0.313. The number of fused-ring (bicyclic) bond motifs is 1. The molecule has 1 fully saturated rings. The van der Waals surface area contributed by atoms with E-state index >= 15 is 0 Å². The van der Waals surface area contributed by atoms with Gasteiger partial charge in [0.2, 0.25) is 0 Å². The lowest BCUT2D eigenvalue weighted by atomic mass is 9.71. The van der Waals surface area contributed by atoms with Gasteiger partial charge in [0.1, 0.15) is 0 Å². The topological polar surface area (TPSA) is 33.1 Å². The Bertz CT molecular complexity index is 1240. The van der Waals surface area contributed by atoms with Gasteiger partial charge in [-0.1, -0.05) is 62.6 Å². The highest BCUT2D eigenvalue weighted by atomic mass is 35.5. The fraction of sp³-hybridized carbons (Fsp3) is 0.433. The van der Waals surface area contributed by atoms with Gasteiger partial charge in [-0.15, -0.1) is 0 Å². The van der Waals surface area contributed by atoms with Crippen LogP contribution in [0.15, 0.2) is 48.5 Å². The number of benzene rings is 2. The maximum atomic E-state index is 13.2. The standard InChI is InChI=1S/C30H31ClF3NO/c1-29(2)16-24-27(25(36)17-29)26(19-9-13-22(31)14-10-19)23(28(35-24)20-5-3-4-6-20)15-18-7-11-21(12-8-18)30(32,33)34/h7-14,20,25,36H,3-6,15-17H2,1-2H3/t25-/m0/s1. The highest BCUT2D eigenvalue weighted by Crippen LogP contribution is 2.48. The Balaban J connectivity index is 1.72. The number of halogens is 4. The number of aliphatic hydroxyl groups is 1. The third-order valence-electron chi connectivity index (χ3n) is 7.71. The van der Waals surface area contributed by atoms with Crippen molar-refractivity contribution >= 4 is 11.6 Å². The molecule has 0 spiro atoms. The van der Waals surface area contributed by atoms with E-state index in [-0.39, 0.29) is 5.41 Å². The van der Waals surface area contributed by atoms with Gasteiger partial charge in [0.05, 0.1) is 11.7 Å². The van der Waals surface area contributed by atoms with Crippen LogP contribution in [-0.2, 0) is 19.0 Å². The fourth-order valence-electron chi connectivity index (χ4n) is 6.03. The predicted octanol–water partition coefficient (Wildman–Crippen LogP) is 8.68. The van der Waals surface area contributed by atoms with Gasteiger partial charge in [-0.3, -0.25) is 4.98 Å². The zero-order chi connectivity index (χ0) is 25.7. The Hall–Kier alpha value is -2.37. The van der Waals surface area contributed by atoms with E-state index in [0.29, 0.717) is 23.8 Å². The van der Waals surface area contributed by atoms with Gasteiger partial charge < -0.3 is 5.11 Å². The van der Waals surface area contributed by atoms with Crippen molar-refractivity contribution in [2.75, 3.05) is 0 Å². The molecule has 0 unspecified atom stereocenters. The second-order valence-electron chi connectivity index (χ2n) is 11.1. The van der Waals surface area contributed by atoms with Crippen LogP contribution < -0.4 is 0 Å². The van der Waals surface area contributed by atoms with Crippen molar-refractivity contribution in [2.24, 2.45) is 5.41 Å². The number of hydrogen-bond acceptors (Lipinski definition) is 2. The van der Waals surface area contributed by atoms with Crippen molar-refractivity contribution in [3.63, 3.8) is 0 Å². The van der Waals surface area contributed by atoms with E-state index in [1.165, 1.54) is 0 Å². The van der Waals surface area contributed by atoms with Crippen LogP contribution in [0, 0.1) is 5.41 Å². The van der Waals surface area contributed by atoms with E-state index < -0.39 is 17.8 Å². The van der Waals surface area contributed by atoms with Gasteiger partial charge >= 0.3 is 6.18 Å².